The van der Waals surface area contributed by atoms with E-state index in [1.807, 2.05) is 29.1 Å². The molecule has 3 rings (SSSR count). The van der Waals surface area contributed by atoms with Gasteiger partial charge in [0.25, 0.3) is 11.4 Å². The summed E-state index contributed by atoms with van der Waals surface area (Å²) in [5.41, 5.74) is 2.66. The van der Waals surface area contributed by atoms with Gasteiger partial charge >= 0.3 is 0 Å². The summed E-state index contributed by atoms with van der Waals surface area (Å²) in [6.45, 7) is 0.315. The van der Waals surface area contributed by atoms with Gasteiger partial charge in [0.05, 0.1) is 9.85 Å². The fourth-order valence-electron chi connectivity index (χ4n) is 2.82. The zero-order chi connectivity index (χ0) is 20.1. The summed E-state index contributed by atoms with van der Waals surface area (Å²) in [5, 5.41) is 31.7. The fourth-order valence-corrected chi connectivity index (χ4v) is 2.82. The second-order valence-electron chi connectivity index (χ2n) is 6.37. The van der Waals surface area contributed by atoms with Crippen molar-refractivity contribution >= 4 is 11.4 Å². The number of rotatable bonds is 7. The van der Waals surface area contributed by atoms with Crippen LogP contribution in [0.4, 0.5) is 11.4 Å². The van der Waals surface area contributed by atoms with E-state index in [9.17, 15) is 25.3 Å². The minimum atomic E-state index is -0.786. The van der Waals surface area contributed by atoms with Crippen molar-refractivity contribution in [3.8, 4) is 0 Å². The molecule has 0 amide bonds. The highest BCUT2D eigenvalue weighted by Crippen LogP contribution is 2.18. The van der Waals surface area contributed by atoms with Crippen LogP contribution < -0.4 is 4.57 Å². The summed E-state index contributed by atoms with van der Waals surface area (Å²) in [5.74, 6) is 0. The number of aliphatic hydroxyl groups excluding tert-OH is 1. The third-order valence-electron chi connectivity index (χ3n) is 4.39. The summed E-state index contributed by atoms with van der Waals surface area (Å²) in [6, 6.07) is 16.1. The van der Waals surface area contributed by atoms with Gasteiger partial charge in [0.2, 0.25) is 0 Å². The molecular weight excluding hydrogens is 362 g/mol. The molecule has 1 N–H and O–H groups in total. The average Bonchev–Trinajstić information content (AvgIpc) is 2.70. The van der Waals surface area contributed by atoms with Crippen LogP contribution in [-0.4, -0.2) is 15.0 Å². The van der Waals surface area contributed by atoms with E-state index in [-0.39, 0.29) is 11.4 Å². The molecule has 0 spiro atoms. The first-order valence-corrected chi connectivity index (χ1v) is 8.56. The molecule has 8 nitrogen and oxygen atoms in total. The monoisotopic (exact) mass is 380 g/mol. The van der Waals surface area contributed by atoms with E-state index in [1.165, 1.54) is 24.3 Å². The molecule has 1 heterocycles. The van der Waals surface area contributed by atoms with E-state index in [4.69, 9.17) is 0 Å². The molecule has 0 aliphatic heterocycles. The van der Waals surface area contributed by atoms with Crippen molar-refractivity contribution in [2.24, 2.45) is 0 Å². The molecule has 2 aromatic carbocycles. The molecule has 0 radical (unpaired) electrons. The number of pyridine rings is 1. The standard InChI is InChI=1S/C20H18N3O5/c24-20(17-3-7-19(8-4-17)23(27)28)14-21-11-9-16(10-12-21)13-15-1-5-18(6-2-15)22(25)26/h1-12,20,24H,13-14H2/q+1. The Kier molecular flexibility index (Phi) is 5.71. The Bertz CT molecular complexity index is 970. The largest absolute Gasteiger partial charge is 0.382 e. The van der Waals surface area contributed by atoms with Crippen LogP contribution in [0.3, 0.4) is 0 Å². The lowest BCUT2D eigenvalue weighted by Crippen LogP contribution is -2.36. The van der Waals surface area contributed by atoms with Crippen LogP contribution in [0.2, 0.25) is 0 Å². The molecule has 142 valence electrons. The van der Waals surface area contributed by atoms with Crippen LogP contribution in [0.1, 0.15) is 22.8 Å². The summed E-state index contributed by atoms with van der Waals surface area (Å²) < 4.78 is 1.82. The van der Waals surface area contributed by atoms with Crippen LogP contribution in [0.5, 0.6) is 0 Å². The number of non-ortho nitro benzene ring substituents is 2. The van der Waals surface area contributed by atoms with Gasteiger partial charge in [0, 0.05) is 36.4 Å². The summed E-state index contributed by atoms with van der Waals surface area (Å²) in [6.07, 6.45) is 3.54. The van der Waals surface area contributed by atoms with Crippen molar-refractivity contribution in [1.29, 1.82) is 0 Å². The van der Waals surface area contributed by atoms with Gasteiger partial charge in [-0.15, -0.1) is 0 Å². The Hall–Kier alpha value is -3.65. The maximum atomic E-state index is 10.7. The van der Waals surface area contributed by atoms with Gasteiger partial charge in [-0.2, -0.15) is 0 Å². The molecule has 28 heavy (non-hydrogen) atoms. The van der Waals surface area contributed by atoms with E-state index < -0.39 is 16.0 Å². The smallest absolute Gasteiger partial charge is 0.269 e. The second-order valence-corrected chi connectivity index (χ2v) is 6.37. The van der Waals surface area contributed by atoms with Crippen LogP contribution in [0, 0.1) is 20.2 Å². The molecule has 0 saturated heterocycles. The summed E-state index contributed by atoms with van der Waals surface area (Å²) in [4.78, 5) is 20.5. The highest BCUT2D eigenvalue weighted by molar-refractivity contribution is 5.35. The maximum absolute atomic E-state index is 10.7. The maximum Gasteiger partial charge on any atom is 0.269 e. The van der Waals surface area contributed by atoms with Crippen molar-refractivity contribution in [3.63, 3.8) is 0 Å². The van der Waals surface area contributed by atoms with Crippen molar-refractivity contribution in [1.82, 2.24) is 0 Å². The Morgan fingerprint density at radius 2 is 1.25 bits per heavy atom. The summed E-state index contributed by atoms with van der Waals surface area (Å²) >= 11 is 0. The third-order valence-corrected chi connectivity index (χ3v) is 4.39. The zero-order valence-electron chi connectivity index (χ0n) is 14.8. The number of nitrogens with zero attached hydrogens (tertiary/aromatic N) is 3. The SMILES string of the molecule is O=[N+]([O-])c1ccc(Cc2cc[n+](CC(O)c3ccc([N+](=O)[O-])cc3)cc2)cc1. The molecule has 0 fully saturated rings. The quantitative estimate of drug-likeness (QED) is 0.385. The molecule has 3 aromatic rings. The first-order valence-electron chi connectivity index (χ1n) is 8.56. The number of hydrogen-bond donors (Lipinski definition) is 1. The van der Waals surface area contributed by atoms with Gasteiger partial charge in [-0.3, -0.25) is 20.2 Å². The highest BCUT2D eigenvalue weighted by Gasteiger charge is 2.15. The van der Waals surface area contributed by atoms with Crippen LogP contribution >= 0.6 is 0 Å². The van der Waals surface area contributed by atoms with E-state index in [2.05, 4.69) is 0 Å². The van der Waals surface area contributed by atoms with Crippen molar-refractivity contribution < 1.29 is 19.5 Å². The highest BCUT2D eigenvalue weighted by atomic mass is 16.6. The second kappa shape index (κ2) is 8.36. The summed E-state index contributed by atoms with van der Waals surface area (Å²) in [7, 11) is 0. The topological polar surface area (TPSA) is 110 Å². The van der Waals surface area contributed by atoms with Crippen molar-refractivity contribution in [2.75, 3.05) is 0 Å². The molecule has 1 unspecified atom stereocenters. The minimum Gasteiger partial charge on any atom is -0.382 e. The third kappa shape index (κ3) is 4.74. The number of nitro groups is 2. The lowest BCUT2D eigenvalue weighted by Gasteiger charge is -2.08. The first kappa shape index (κ1) is 19.1. The van der Waals surface area contributed by atoms with Crippen molar-refractivity contribution in [2.45, 2.75) is 19.1 Å². The molecule has 0 saturated carbocycles. The lowest BCUT2D eigenvalue weighted by molar-refractivity contribution is -0.704. The van der Waals surface area contributed by atoms with E-state index >= 15 is 0 Å². The zero-order valence-corrected chi connectivity index (χ0v) is 14.8. The van der Waals surface area contributed by atoms with E-state index in [0.29, 0.717) is 18.5 Å². The Labute approximate surface area is 160 Å². The van der Waals surface area contributed by atoms with Gasteiger partial charge in [0.15, 0.2) is 18.9 Å². The van der Waals surface area contributed by atoms with Crippen LogP contribution in [-0.2, 0) is 13.0 Å². The van der Waals surface area contributed by atoms with Gasteiger partial charge in [-0.25, -0.2) is 4.57 Å². The normalized spacial score (nSPS) is 11.8. The van der Waals surface area contributed by atoms with Crippen LogP contribution in [0.15, 0.2) is 73.1 Å². The molecule has 0 aliphatic carbocycles. The molecule has 8 heteroatoms. The Morgan fingerprint density at radius 1 is 0.786 bits per heavy atom. The first-order chi connectivity index (χ1) is 13.4. The fraction of sp³-hybridized carbons (Fsp3) is 0.150. The van der Waals surface area contributed by atoms with Crippen LogP contribution in [0.25, 0.3) is 0 Å². The van der Waals surface area contributed by atoms with Gasteiger partial charge < -0.3 is 5.11 Å². The molecular formula is C20H18N3O5+. The number of hydrogen-bond acceptors (Lipinski definition) is 5. The van der Waals surface area contributed by atoms with Gasteiger partial charge in [-0.05, 0) is 35.2 Å². The van der Waals surface area contributed by atoms with E-state index in [1.54, 1.807) is 24.3 Å². The molecule has 0 bridgehead atoms. The molecule has 0 aliphatic rings. The number of benzene rings is 2. The molecule has 1 aromatic heterocycles. The Morgan fingerprint density at radius 3 is 1.75 bits per heavy atom. The Balaban J connectivity index is 1.62. The van der Waals surface area contributed by atoms with Gasteiger partial charge in [0.1, 0.15) is 6.10 Å². The van der Waals surface area contributed by atoms with Crippen molar-refractivity contribution in [3.05, 3.63) is 110 Å². The molecule has 1 atom stereocenters. The average molecular weight is 380 g/mol. The lowest BCUT2D eigenvalue weighted by atomic mass is 10.1. The number of aromatic nitrogens is 1. The van der Waals surface area contributed by atoms with E-state index in [0.717, 1.165) is 11.1 Å². The number of aliphatic hydroxyl groups is 1. The predicted octanol–water partition coefficient (Wildman–Crippen LogP) is 3.11. The van der Waals surface area contributed by atoms with Gasteiger partial charge in [-0.1, -0.05) is 12.1 Å². The minimum absolute atomic E-state index is 0.0146. The number of nitro benzene ring substituents is 2. The predicted molar refractivity (Wildman–Crippen MR) is 101 cm³/mol.